The van der Waals surface area contributed by atoms with Crippen LogP contribution < -0.4 is 5.32 Å². The molecule has 0 aliphatic rings. The fourth-order valence-corrected chi connectivity index (χ4v) is 3.39. The number of rotatable bonds is 5. The first-order valence-corrected chi connectivity index (χ1v) is 9.63. The van der Waals surface area contributed by atoms with Crippen LogP contribution >= 0.6 is 0 Å². The SMILES string of the molecule is CC(C(=O)Nc1c(-c2ccncc2)c(-c2ccc(F)cc2)nn1C)c1ccccc1. The molecule has 0 radical (unpaired) electrons. The minimum absolute atomic E-state index is 0.134. The van der Waals surface area contributed by atoms with Crippen LogP contribution in [0, 0.1) is 5.82 Å². The van der Waals surface area contributed by atoms with E-state index in [4.69, 9.17) is 0 Å². The first kappa shape index (κ1) is 19.5. The fraction of sp³-hybridized carbons (Fsp3) is 0.125. The van der Waals surface area contributed by atoms with E-state index < -0.39 is 0 Å². The number of nitrogens with zero attached hydrogens (tertiary/aromatic N) is 3. The van der Waals surface area contributed by atoms with Gasteiger partial charge in [-0.05, 0) is 54.4 Å². The van der Waals surface area contributed by atoms with Gasteiger partial charge in [0, 0.05) is 25.0 Å². The molecule has 0 saturated carbocycles. The third-order valence-electron chi connectivity index (χ3n) is 5.07. The number of carbonyl (C=O) groups is 1. The number of anilines is 1. The molecule has 5 nitrogen and oxygen atoms in total. The summed E-state index contributed by atoms with van der Waals surface area (Å²) >= 11 is 0. The normalized spacial score (nSPS) is 11.8. The van der Waals surface area contributed by atoms with Crippen molar-refractivity contribution in [3.05, 3.63) is 90.5 Å². The highest BCUT2D eigenvalue weighted by Gasteiger charge is 2.23. The minimum Gasteiger partial charge on any atom is -0.310 e. The first-order valence-electron chi connectivity index (χ1n) is 9.63. The van der Waals surface area contributed by atoms with Crippen LogP contribution in [0.15, 0.2) is 79.1 Å². The molecule has 4 rings (SSSR count). The van der Waals surface area contributed by atoms with Crippen molar-refractivity contribution in [2.45, 2.75) is 12.8 Å². The maximum absolute atomic E-state index is 13.4. The van der Waals surface area contributed by atoms with Crippen molar-refractivity contribution in [1.82, 2.24) is 14.8 Å². The van der Waals surface area contributed by atoms with Gasteiger partial charge in [0.25, 0.3) is 0 Å². The smallest absolute Gasteiger partial charge is 0.232 e. The van der Waals surface area contributed by atoms with Gasteiger partial charge in [0.2, 0.25) is 5.91 Å². The fourth-order valence-electron chi connectivity index (χ4n) is 3.39. The number of benzene rings is 2. The number of halogens is 1. The molecule has 1 unspecified atom stereocenters. The molecule has 0 bridgehead atoms. The molecule has 0 aliphatic heterocycles. The van der Waals surface area contributed by atoms with Crippen LogP contribution in [-0.2, 0) is 11.8 Å². The van der Waals surface area contributed by atoms with E-state index >= 15 is 0 Å². The van der Waals surface area contributed by atoms with Gasteiger partial charge < -0.3 is 5.32 Å². The van der Waals surface area contributed by atoms with Crippen LogP contribution in [0.1, 0.15) is 18.4 Å². The predicted molar refractivity (Wildman–Crippen MR) is 115 cm³/mol. The Morgan fingerprint density at radius 1 is 0.967 bits per heavy atom. The Labute approximate surface area is 174 Å². The maximum atomic E-state index is 13.4. The zero-order chi connectivity index (χ0) is 21.1. The van der Waals surface area contributed by atoms with Crippen molar-refractivity contribution < 1.29 is 9.18 Å². The second kappa shape index (κ2) is 8.29. The highest BCUT2D eigenvalue weighted by Crippen LogP contribution is 2.37. The Hall–Kier alpha value is -3.80. The second-order valence-electron chi connectivity index (χ2n) is 7.06. The molecule has 6 heteroatoms. The van der Waals surface area contributed by atoms with Crippen LogP contribution in [0.5, 0.6) is 0 Å². The molecule has 1 N–H and O–H groups in total. The van der Waals surface area contributed by atoms with Crippen molar-refractivity contribution in [3.8, 4) is 22.4 Å². The van der Waals surface area contributed by atoms with Crippen LogP contribution in [0.3, 0.4) is 0 Å². The van der Waals surface area contributed by atoms with E-state index in [1.54, 1.807) is 36.3 Å². The van der Waals surface area contributed by atoms with Gasteiger partial charge in [0.05, 0.1) is 11.5 Å². The molecule has 150 valence electrons. The lowest BCUT2D eigenvalue weighted by Crippen LogP contribution is -2.20. The Morgan fingerprint density at radius 2 is 1.63 bits per heavy atom. The van der Waals surface area contributed by atoms with Gasteiger partial charge in [-0.25, -0.2) is 4.39 Å². The van der Waals surface area contributed by atoms with Gasteiger partial charge >= 0.3 is 0 Å². The number of carbonyl (C=O) groups excluding carboxylic acids is 1. The number of aryl methyl sites for hydroxylation is 1. The van der Waals surface area contributed by atoms with E-state index in [1.807, 2.05) is 49.4 Å². The molecular weight excluding hydrogens is 379 g/mol. The molecule has 2 aromatic carbocycles. The molecule has 1 atom stereocenters. The molecular formula is C24H21FN4O. The molecule has 1 amide bonds. The molecule has 30 heavy (non-hydrogen) atoms. The van der Waals surface area contributed by atoms with Crippen molar-refractivity contribution in [3.63, 3.8) is 0 Å². The number of aromatic nitrogens is 3. The zero-order valence-electron chi connectivity index (χ0n) is 16.7. The average Bonchev–Trinajstić information content (AvgIpc) is 3.10. The van der Waals surface area contributed by atoms with Crippen LogP contribution in [-0.4, -0.2) is 20.7 Å². The van der Waals surface area contributed by atoms with E-state index in [0.29, 0.717) is 11.5 Å². The van der Waals surface area contributed by atoms with Gasteiger partial charge in [0.15, 0.2) is 0 Å². The summed E-state index contributed by atoms with van der Waals surface area (Å²) in [6.45, 7) is 1.87. The maximum Gasteiger partial charge on any atom is 0.232 e. The number of hydrogen-bond donors (Lipinski definition) is 1. The Kier molecular flexibility index (Phi) is 5.39. The monoisotopic (exact) mass is 400 g/mol. The lowest BCUT2D eigenvalue weighted by molar-refractivity contribution is -0.117. The Morgan fingerprint density at radius 3 is 2.30 bits per heavy atom. The zero-order valence-corrected chi connectivity index (χ0v) is 16.7. The molecule has 2 aromatic heterocycles. The number of pyridine rings is 1. The van der Waals surface area contributed by atoms with E-state index in [0.717, 1.165) is 22.3 Å². The van der Waals surface area contributed by atoms with E-state index in [2.05, 4.69) is 15.4 Å². The van der Waals surface area contributed by atoms with Crippen LogP contribution in [0.25, 0.3) is 22.4 Å². The van der Waals surface area contributed by atoms with E-state index in [-0.39, 0.29) is 17.6 Å². The van der Waals surface area contributed by atoms with E-state index in [1.165, 1.54) is 12.1 Å². The highest BCUT2D eigenvalue weighted by atomic mass is 19.1. The summed E-state index contributed by atoms with van der Waals surface area (Å²) in [5, 5.41) is 7.68. The van der Waals surface area contributed by atoms with Gasteiger partial charge in [0.1, 0.15) is 17.3 Å². The van der Waals surface area contributed by atoms with Crippen LogP contribution in [0.2, 0.25) is 0 Å². The average molecular weight is 400 g/mol. The summed E-state index contributed by atoms with van der Waals surface area (Å²) in [6.07, 6.45) is 3.38. The summed E-state index contributed by atoms with van der Waals surface area (Å²) < 4.78 is 15.1. The van der Waals surface area contributed by atoms with Crippen molar-refractivity contribution in [1.29, 1.82) is 0 Å². The topological polar surface area (TPSA) is 59.8 Å². The predicted octanol–water partition coefficient (Wildman–Crippen LogP) is 5.03. The standard InChI is InChI=1S/C24H21FN4O/c1-16(17-6-4-3-5-7-17)24(30)27-23-21(18-12-14-26-15-13-18)22(28-29(23)2)19-8-10-20(25)11-9-19/h3-16H,1-2H3,(H,27,30). The van der Waals surface area contributed by atoms with Crippen molar-refractivity contribution in [2.75, 3.05) is 5.32 Å². The molecule has 0 saturated heterocycles. The van der Waals surface area contributed by atoms with Crippen molar-refractivity contribution in [2.24, 2.45) is 7.05 Å². The Bertz CT molecular complexity index is 1160. The third-order valence-corrected chi connectivity index (χ3v) is 5.07. The quantitative estimate of drug-likeness (QED) is 0.511. The summed E-state index contributed by atoms with van der Waals surface area (Å²) in [5.74, 6) is -0.204. The Balaban J connectivity index is 1.78. The highest BCUT2D eigenvalue weighted by molar-refractivity contribution is 6.00. The lowest BCUT2D eigenvalue weighted by atomic mass is 9.99. The molecule has 2 heterocycles. The minimum atomic E-state index is -0.333. The van der Waals surface area contributed by atoms with Gasteiger partial charge in [-0.2, -0.15) is 5.10 Å². The molecule has 4 aromatic rings. The summed E-state index contributed by atoms with van der Waals surface area (Å²) in [6, 6.07) is 19.5. The van der Waals surface area contributed by atoms with Gasteiger partial charge in [-0.3, -0.25) is 14.5 Å². The van der Waals surface area contributed by atoms with E-state index in [9.17, 15) is 9.18 Å². The summed E-state index contributed by atoms with van der Waals surface area (Å²) in [7, 11) is 1.78. The van der Waals surface area contributed by atoms with Gasteiger partial charge in [-0.15, -0.1) is 0 Å². The third kappa shape index (κ3) is 3.85. The second-order valence-corrected chi connectivity index (χ2v) is 7.06. The lowest BCUT2D eigenvalue weighted by Gasteiger charge is -2.14. The largest absolute Gasteiger partial charge is 0.310 e. The number of nitrogens with one attached hydrogen (secondary N) is 1. The number of hydrogen-bond acceptors (Lipinski definition) is 3. The number of amides is 1. The van der Waals surface area contributed by atoms with Crippen molar-refractivity contribution >= 4 is 11.7 Å². The molecule has 0 spiro atoms. The summed E-state index contributed by atoms with van der Waals surface area (Å²) in [5.41, 5.74) is 3.98. The van der Waals surface area contributed by atoms with Gasteiger partial charge in [-0.1, -0.05) is 30.3 Å². The molecule has 0 fully saturated rings. The summed E-state index contributed by atoms with van der Waals surface area (Å²) in [4.78, 5) is 17.1. The molecule has 0 aliphatic carbocycles. The first-order chi connectivity index (χ1) is 14.5. The van der Waals surface area contributed by atoms with Crippen LogP contribution in [0.4, 0.5) is 10.2 Å².